The van der Waals surface area contributed by atoms with E-state index in [1.165, 1.54) is 8.61 Å². The highest BCUT2D eigenvalue weighted by molar-refractivity contribution is 9.11. The highest BCUT2D eigenvalue weighted by Crippen LogP contribution is 2.22. The van der Waals surface area contributed by atoms with Gasteiger partial charge in [-0.3, -0.25) is 0 Å². The molecular weight excluding hydrogens is 352 g/mol. The van der Waals surface area contributed by atoms with Crippen LogP contribution >= 0.6 is 15.9 Å². The average molecular weight is 371 g/mol. The lowest BCUT2D eigenvalue weighted by Crippen LogP contribution is -2.43. The van der Waals surface area contributed by atoms with Crippen LogP contribution in [0.3, 0.4) is 0 Å². The van der Waals surface area contributed by atoms with Crippen molar-refractivity contribution in [2.45, 2.75) is 13.5 Å². The van der Waals surface area contributed by atoms with Crippen molar-refractivity contribution >= 4 is 26.1 Å². The Balaban J connectivity index is 2.28. The molecule has 0 fully saturated rings. The normalized spacial score (nSPS) is 19.8. The molecule has 4 nitrogen and oxygen atoms in total. The molecule has 0 atom stereocenters. The Kier molecular flexibility index (Phi) is 5.37. The first-order valence-electron chi connectivity index (χ1n) is 6.67. The predicted octanol–water partition coefficient (Wildman–Crippen LogP) is 2.90. The largest absolute Gasteiger partial charge is 0.283 e. The van der Waals surface area contributed by atoms with Gasteiger partial charge in [0.25, 0.3) is 10.2 Å². The van der Waals surface area contributed by atoms with E-state index < -0.39 is 10.2 Å². The Morgan fingerprint density at radius 2 is 1.95 bits per heavy atom. The lowest BCUT2D eigenvalue weighted by atomic mass is 10.2. The van der Waals surface area contributed by atoms with Crippen LogP contribution in [0.5, 0.6) is 0 Å². The molecule has 0 saturated carbocycles. The van der Waals surface area contributed by atoms with Crippen LogP contribution in [-0.4, -0.2) is 36.7 Å². The molecule has 6 heteroatoms. The number of rotatable bonds is 4. The van der Waals surface area contributed by atoms with Gasteiger partial charge in [0, 0.05) is 30.7 Å². The minimum atomic E-state index is -3.50. The topological polar surface area (TPSA) is 40.6 Å². The zero-order valence-electron chi connectivity index (χ0n) is 12.0. The van der Waals surface area contributed by atoms with Gasteiger partial charge in [0.15, 0.2) is 0 Å². The van der Waals surface area contributed by atoms with Gasteiger partial charge in [-0.15, -0.1) is 0 Å². The van der Waals surface area contributed by atoms with Crippen molar-refractivity contribution in [3.63, 3.8) is 0 Å². The molecule has 1 heterocycles. The number of nitrogens with zero attached hydrogens (tertiary/aromatic N) is 2. The summed E-state index contributed by atoms with van der Waals surface area (Å²) in [4.78, 5) is 0. The van der Waals surface area contributed by atoms with Crippen LogP contribution in [0.2, 0.25) is 0 Å². The third kappa shape index (κ3) is 4.26. The minimum absolute atomic E-state index is 0.330. The second-order valence-electron chi connectivity index (χ2n) is 5.16. The average Bonchev–Trinajstić information content (AvgIpc) is 2.51. The maximum absolute atomic E-state index is 12.8. The molecule has 0 amide bonds. The lowest BCUT2D eigenvalue weighted by molar-refractivity contribution is 0.378. The van der Waals surface area contributed by atoms with Crippen molar-refractivity contribution < 1.29 is 8.42 Å². The van der Waals surface area contributed by atoms with Gasteiger partial charge in [0.2, 0.25) is 0 Å². The summed E-state index contributed by atoms with van der Waals surface area (Å²) < 4.78 is 29.4. The van der Waals surface area contributed by atoms with Crippen LogP contribution in [0.1, 0.15) is 12.5 Å². The summed E-state index contributed by atoms with van der Waals surface area (Å²) in [6.45, 7) is 7.06. The van der Waals surface area contributed by atoms with E-state index in [1.807, 2.05) is 43.3 Å². The third-order valence-corrected chi connectivity index (χ3v) is 5.56. The highest BCUT2D eigenvalue weighted by atomic mass is 79.9. The van der Waals surface area contributed by atoms with Crippen LogP contribution in [0, 0.1) is 0 Å². The van der Waals surface area contributed by atoms with Gasteiger partial charge in [-0.25, -0.2) is 0 Å². The Morgan fingerprint density at radius 3 is 2.57 bits per heavy atom. The molecule has 114 valence electrons. The van der Waals surface area contributed by atoms with E-state index in [1.54, 1.807) is 0 Å². The van der Waals surface area contributed by atoms with Crippen molar-refractivity contribution in [2.75, 3.05) is 19.6 Å². The van der Waals surface area contributed by atoms with Gasteiger partial charge in [-0.1, -0.05) is 64.5 Å². The molecule has 0 spiro atoms. The molecule has 0 bridgehead atoms. The van der Waals surface area contributed by atoms with Gasteiger partial charge in [0.05, 0.1) is 0 Å². The maximum Gasteiger partial charge on any atom is 0.283 e. The summed E-state index contributed by atoms with van der Waals surface area (Å²) in [5, 5.41) is 0. The SMILES string of the molecule is C=C(C)CN1CC(Br)=CCN(Cc2ccccc2)S1(=O)=O. The summed E-state index contributed by atoms with van der Waals surface area (Å²) in [5.74, 6) is 0. The summed E-state index contributed by atoms with van der Waals surface area (Å²) in [6, 6.07) is 9.61. The van der Waals surface area contributed by atoms with Crippen molar-refractivity contribution in [2.24, 2.45) is 0 Å². The van der Waals surface area contributed by atoms with Gasteiger partial charge in [0.1, 0.15) is 0 Å². The van der Waals surface area contributed by atoms with Crippen LogP contribution in [0.25, 0.3) is 0 Å². The molecule has 1 aliphatic rings. The van der Waals surface area contributed by atoms with Crippen molar-refractivity contribution in [1.29, 1.82) is 0 Å². The second kappa shape index (κ2) is 6.87. The Labute approximate surface area is 135 Å². The third-order valence-electron chi connectivity index (χ3n) is 3.14. The smallest absolute Gasteiger partial charge is 0.195 e. The van der Waals surface area contributed by atoms with E-state index >= 15 is 0 Å². The molecule has 0 N–H and O–H groups in total. The van der Waals surface area contributed by atoms with Crippen LogP contribution in [0.4, 0.5) is 0 Å². The number of hydrogen-bond donors (Lipinski definition) is 0. The summed E-state index contributed by atoms with van der Waals surface area (Å²) in [7, 11) is -3.50. The van der Waals surface area contributed by atoms with E-state index in [2.05, 4.69) is 22.5 Å². The van der Waals surface area contributed by atoms with Crippen molar-refractivity contribution in [3.05, 3.63) is 58.6 Å². The second-order valence-corrected chi connectivity index (χ2v) is 8.11. The zero-order chi connectivity index (χ0) is 15.5. The van der Waals surface area contributed by atoms with Crippen LogP contribution < -0.4 is 0 Å². The Bertz CT molecular complexity index is 641. The molecule has 0 saturated heterocycles. The number of hydrogen-bond acceptors (Lipinski definition) is 2. The van der Waals surface area contributed by atoms with E-state index in [-0.39, 0.29) is 0 Å². The first kappa shape index (κ1) is 16.4. The van der Waals surface area contributed by atoms with Gasteiger partial charge >= 0.3 is 0 Å². The molecule has 2 rings (SSSR count). The molecular formula is C15H19BrN2O2S. The highest BCUT2D eigenvalue weighted by Gasteiger charge is 2.31. The maximum atomic E-state index is 12.8. The Hall–Kier alpha value is -0.950. The fourth-order valence-corrected chi connectivity index (χ4v) is 4.35. The molecule has 21 heavy (non-hydrogen) atoms. The minimum Gasteiger partial charge on any atom is -0.195 e. The van der Waals surface area contributed by atoms with Crippen LogP contribution in [-0.2, 0) is 16.8 Å². The standard InChI is InChI=1S/C15H19BrN2O2S/c1-13(2)10-18-12-15(16)8-9-17(21(18,19)20)11-14-6-4-3-5-7-14/h3-8H,1,9-12H2,2H3. The van der Waals surface area contributed by atoms with Crippen LogP contribution in [0.15, 0.2) is 53.0 Å². The molecule has 0 radical (unpaired) electrons. The van der Waals surface area contributed by atoms with Gasteiger partial charge < -0.3 is 0 Å². The number of benzene rings is 1. The van der Waals surface area contributed by atoms with E-state index in [0.29, 0.717) is 26.2 Å². The van der Waals surface area contributed by atoms with Crippen molar-refractivity contribution in [3.8, 4) is 0 Å². The molecule has 1 aliphatic heterocycles. The molecule has 1 aromatic rings. The zero-order valence-corrected chi connectivity index (χ0v) is 14.4. The van der Waals surface area contributed by atoms with Crippen molar-refractivity contribution in [1.82, 2.24) is 8.61 Å². The number of halogens is 1. The van der Waals surface area contributed by atoms with Gasteiger partial charge in [-0.2, -0.15) is 17.0 Å². The molecule has 1 aromatic carbocycles. The van der Waals surface area contributed by atoms with E-state index in [4.69, 9.17) is 0 Å². The lowest BCUT2D eigenvalue weighted by Gasteiger charge is -2.27. The molecule has 0 unspecified atom stereocenters. The first-order valence-corrected chi connectivity index (χ1v) is 8.86. The quantitative estimate of drug-likeness (QED) is 0.764. The summed E-state index contributed by atoms with van der Waals surface area (Å²) >= 11 is 3.43. The summed E-state index contributed by atoms with van der Waals surface area (Å²) in [5.41, 5.74) is 1.79. The van der Waals surface area contributed by atoms with Gasteiger partial charge in [-0.05, 0) is 12.5 Å². The molecule has 0 aliphatic carbocycles. The Morgan fingerprint density at radius 1 is 1.29 bits per heavy atom. The fourth-order valence-electron chi connectivity index (χ4n) is 2.14. The molecule has 0 aromatic heterocycles. The summed E-state index contributed by atoms with van der Waals surface area (Å²) in [6.07, 6.45) is 1.90. The fraction of sp³-hybridized carbons (Fsp3) is 0.333. The van der Waals surface area contributed by atoms with E-state index in [0.717, 1.165) is 15.6 Å². The monoisotopic (exact) mass is 370 g/mol. The van der Waals surface area contributed by atoms with E-state index in [9.17, 15) is 8.42 Å². The first-order chi connectivity index (χ1) is 9.89. The predicted molar refractivity (Wildman–Crippen MR) is 89.2 cm³/mol.